The number of para-hydroxylation sites is 1. The van der Waals surface area contributed by atoms with Gasteiger partial charge in [-0.2, -0.15) is 5.10 Å². The third-order valence-electron chi connectivity index (χ3n) is 5.18. The first-order valence-electron chi connectivity index (χ1n) is 9.47. The van der Waals surface area contributed by atoms with Crippen molar-refractivity contribution in [2.24, 2.45) is 0 Å². The fourth-order valence-electron chi connectivity index (χ4n) is 3.69. The molecule has 1 aliphatic carbocycles. The number of hydrogen-bond donors (Lipinski definition) is 2. The number of methoxy groups -OCH3 is 1. The van der Waals surface area contributed by atoms with Gasteiger partial charge in [0.15, 0.2) is 5.65 Å². The quantitative estimate of drug-likeness (QED) is 0.666. The Morgan fingerprint density at radius 3 is 2.85 bits per heavy atom. The lowest BCUT2D eigenvalue weighted by Crippen LogP contribution is -2.30. The summed E-state index contributed by atoms with van der Waals surface area (Å²) >= 11 is 0. The summed E-state index contributed by atoms with van der Waals surface area (Å²) in [5.74, 6) is 1.79. The van der Waals surface area contributed by atoms with E-state index in [9.17, 15) is 0 Å². The standard InChI is InChI=1S/C20H25N5O2/c1-26-18-5-3-2-4-14(18)10-11-27-16-8-6-15(7-9-16)24-19-17-12-23-25-20(17)22-13-21-19/h2-5,12-13,15-16H,6-11H2,1H3,(H2,21,22,23,24,25). The zero-order chi connectivity index (χ0) is 18.5. The number of aromatic amines is 1. The zero-order valence-electron chi connectivity index (χ0n) is 15.5. The Bertz CT molecular complexity index is 873. The fourth-order valence-corrected chi connectivity index (χ4v) is 3.69. The molecule has 2 N–H and O–H groups in total. The van der Waals surface area contributed by atoms with Gasteiger partial charge in [0, 0.05) is 6.04 Å². The first-order valence-corrected chi connectivity index (χ1v) is 9.47. The first-order chi connectivity index (χ1) is 13.3. The van der Waals surface area contributed by atoms with Crippen molar-refractivity contribution in [2.45, 2.75) is 44.2 Å². The average Bonchev–Trinajstić information content (AvgIpc) is 3.20. The van der Waals surface area contributed by atoms with Gasteiger partial charge in [-0.3, -0.25) is 5.10 Å². The van der Waals surface area contributed by atoms with Crippen LogP contribution < -0.4 is 10.1 Å². The Kier molecular flexibility index (Phi) is 5.48. The normalized spacial score (nSPS) is 19.9. The number of benzene rings is 1. The predicted octanol–water partition coefficient (Wildman–Crippen LogP) is 3.34. The second kappa shape index (κ2) is 8.35. The minimum Gasteiger partial charge on any atom is -0.496 e. The summed E-state index contributed by atoms with van der Waals surface area (Å²) in [7, 11) is 1.71. The molecule has 3 aromatic rings. The highest BCUT2D eigenvalue weighted by Gasteiger charge is 2.22. The molecule has 0 spiro atoms. The van der Waals surface area contributed by atoms with Gasteiger partial charge >= 0.3 is 0 Å². The third kappa shape index (κ3) is 4.19. The molecule has 0 atom stereocenters. The topological polar surface area (TPSA) is 85.0 Å². The van der Waals surface area contributed by atoms with E-state index in [4.69, 9.17) is 9.47 Å². The molecule has 142 valence electrons. The second-order valence-corrected chi connectivity index (χ2v) is 6.91. The van der Waals surface area contributed by atoms with Gasteiger partial charge in [0.25, 0.3) is 0 Å². The zero-order valence-corrected chi connectivity index (χ0v) is 15.5. The number of ether oxygens (including phenoxy) is 2. The Morgan fingerprint density at radius 1 is 1.15 bits per heavy atom. The van der Waals surface area contributed by atoms with E-state index in [0.29, 0.717) is 12.1 Å². The molecule has 7 heteroatoms. The van der Waals surface area contributed by atoms with E-state index in [1.54, 1.807) is 19.6 Å². The van der Waals surface area contributed by atoms with Crippen molar-refractivity contribution in [1.82, 2.24) is 20.2 Å². The number of H-pyrrole nitrogens is 1. The van der Waals surface area contributed by atoms with E-state index in [1.807, 2.05) is 18.2 Å². The summed E-state index contributed by atoms with van der Waals surface area (Å²) in [6.07, 6.45) is 8.80. The third-order valence-corrected chi connectivity index (χ3v) is 5.18. The van der Waals surface area contributed by atoms with E-state index >= 15 is 0 Å². The molecule has 1 saturated carbocycles. The van der Waals surface area contributed by atoms with Crippen molar-refractivity contribution in [3.05, 3.63) is 42.4 Å². The van der Waals surface area contributed by atoms with Gasteiger partial charge in [-0.25, -0.2) is 9.97 Å². The number of anilines is 1. The largest absolute Gasteiger partial charge is 0.496 e. The summed E-state index contributed by atoms with van der Waals surface area (Å²) in [6.45, 7) is 0.727. The summed E-state index contributed by atoms with van der Waals surface area (Å²) in [4.78, 5) is 8.55. The number of fused-ring (bicyclic) bond motifs is 1. The van der Waals surface area contributed by atoms with Gasteiger partial charge < -0.3 is 14.8 Å². The maximum absolute atomic E-state index is 6.12. The van der Waals surface area contributed by atoms with E-state index in [1.165, 1.54) is 5.56 Å². The van der Waals surface area contributed by atoms with E-state index in [-0.39, 0.29) is 0 Å². The molecule has 27 heavy (non-hydrogen) atoms. The van der Waals surface area contributed by atoms with Crippen LogP contribution in [0.5, 0.6) is 5.75 Å². The first kappa shape index (κ1) is 17.7. The lowest BCUT2D eigenvalue weighted by Gasteiger charge is -2.29. The van der Waals surface area contributed by atoms with Gasteiger partial charge in [0.1, 0.15) is 17.9 Å². The van der Waals surface area contributed by atoms with Crippen LogP contribution in [0.15, 0.2) is 36.8 Å². The number of rotatable bonds is 7. The summed E-state index contributed by atoms with van der Waals surface area (Å²) < 4.78 is 11.5. The van der Waals surface area contributed by atoms with Crippen LogP contribution in [-0.4, -0.2) is 46.0 Å². The lowest BCUT2D eigenvalue weighted by molar-refractivity contribution is 0.0281. The van der Waals surface area contributed by atoms with Gasteiger partial charge in [-0.15, -0.1) is 0 Å². The molecule has 0 aliphatic heterocycles. The highest BCUT2D eigenvalue weighted by Crippen LogP contribution is 2.26. The van der Waals surface area contributed by atoms with Crippen LogP contribution in [0.2, 0.25) is 0 Å². The molecule has 1 aromatic carbocycles. The van der Waals surface area contributed by atoms with Crippen molar-refractivity contribution in [3.63, 3.8) is 0 Å². The van der Waals surface area contributed by atoms with Crippen LogP contribution in [-0.2, 0) is 11.2 Å². The van der Waals surface area contributed by atoms with Crippen LogP contribution in [0.4, 0.5) is 5.82 Å². The maximum atomic E-state index is 6.12. The lowest BCUT2D eigenvalue weighted by atomic mass is 9.93. The molecule has 0 unspecified atom stereocenters. The Hall–Kier alpha value is -2.67. The van der Waals surface area contributed by atoms with Crippen molar-refractivity contribution in [2.75, 3.05) is 19.0 Å². The minimum atomic E-state index is 0.331. The molecule has 0 saturated heterocycles. The van der Waals surface area contributed by atoms with Gasteiger partial charge in [0.2, 0.25) is 0 Å². The predicted molar refractivity (Wildman–Crippen MR) is 104 cm³/mol. The number of nitrogens with one attached hydrogen (secondary N) is 2. The van der Waals surface area contributed by atoms with Gasteiger partial charge in [0.05, 0.1) is 31.4 Å². The monoisotopic (exact) mass is 367 g/mol. The van der Waals surface area contributed by atoms with Crippen molar-refractivity contribution < 1.29 is 9.47 Å². The molecule has 1 fully saturated rings. The Morgan fingerprint density at radius 2 is 2.00 bits per heavy atom. The van der Waals surface area contributed by atoms with E-state index in [2.05, 4.69) is 31.5 Å². The van der Waals surface area contributed by atoms with Crippen LogP contribution in [0, 0.1) is 0 Å². The molecule has 0 amide bonds. The molecule has 2 heterocycles. The summed E-state index contributed by atoms with van der Waals surface area (Å²) in [6, 6.07) is 8.54. The maximum Gasteiger partial charge on any atom is 0.160 e. The number of nitrogens with zero attached hydrogens (tertiary/aromatic N) is 3. The molecule has 0 bridgehead atoms. The molecular formula is C20H25N5O2. The van der Waals surface area contributed by atoms with Gasteiger partial charge in [-0.1, -0.05) is 18.2 Å². The highest BCUT2D eigenvalue weighted by molar-refractivity contribution is 5.85. The fraction of sp³-hybridized carbons (Fsp3) is 0.450. The molecular weight excluding hydrogens is 342 g/mol. The van der Waals surface area contributed by atoms with E-state index < -0.39 is 0 Å². The number of aromatic nitrogens is 4. The second-order valence-electron chi connectivity index (χ2n) is 6.91. The number of hydrogen-bond acceptors (Lipinski definition) is 6. The van der Waals surface area contributed by atoms with Crippen LogP contribution >= 0.6 is 0 Å². The SMILES string of the molecule is COc1ccccc1CCOC1CCC(Nc2ncnc3[nH]ncc23)CC1. The van der Waals surface area contributed by atoms with Crippen LogP contribution in [0.3, 0.4) is 0 Å². The molecule has 1 aliphatic rings. The molecule has 0 radical (unpaired) electrons. The van der Waals surface area contributed by atoms with Crippen LogP contribution in [0.25, 0.3) is 11.0 Å². The molecule has 7 nitrogen and oxygen atoms in total. The summed E-state index contributed by atoms with van der Waals surface area (Å²) in [5.41, 5.74) is 1.96. The van der Waals surface area contributed by atoms with Crippen molar-refractivity contribution >= 4 is 16.9 Å². The minimum absolute atomic E-state index is 0.331. The highest BCUT2D eigenvalue weighted by atomic mass is 16.5. The van der Waals surface area contributed by atoms with E-state index in [0.717, 1.165) is 61.3 Å². The Balaban J connectivity index is 1.24. The van der Waals surface area contributed by atoms with Gasteiger partial charge in [-0.05, 0) is 43.7 Å². The van der Waals surface area contributed by atoms with Crippen molar-refractivity contribution in [1.29, 1.82) is 0 Å². The van der Waals surface area contributed by atoms with Crippen molar-refractivity contribution in [3.8, 4) is 5.75 Å². The average molecular weight is 367 g/mol. The molecule has 4 rings (SSSR count). The summed E-state index contributed by atoms with van der Waals surface area (Å²) in [5, 5.41) is 11.4. The van der Waals surface area contributed by atoms with Crippen LogP contribution in [0.1, 0.15) is 31.2 Å². The smallest absolute Gasteiger partial charge is 0.160 e. The molecule has 2 aromatic heterocycles. The Labute approximate surface area is 158 Å².